The van der Waals surface area contributed by atoms with E-state index in [1.165, 1.54) is 10.5 Å². The summed E-state index contributed by atoms with van der Waals surface area (Å²) in [5.74, 6) is 0. The lowest BCUT2D eigenvalue weighted by Gasteiger charge is -2.14. The molecule has 1 rings (SSSR count). The molecule has 1 atom stereocenters. The predicted molar refractivity (Wildman–Crippen MR) is 82.0 cm³/mol. The molecule has 0 fully saturated rings. The highest BCUT2D eigenvalue weighted by Crippen LogP contribution is 2.18. The zero-order valence-corrected chi connectivity index (χ0v) is 13.0. The topological polar surface area (TPSA) is 30.5 Å². The quantitative estimate of drug-likeness (QED) is 0.528. The monoisotopic (exact) mass is 283 g/mol. The van der Waals surface area contributed by atoms with Crippen molar-refractivity contribution in [3.8, 4) is 0 Å². The lowest BCUT2D eigenvalue weighted by molar-refractivity contribution is 0.0693. The molecule has 1 unspecified atom stereocenters. The van der Waals surface area contributed by atoms with E-state index in [4.69, 9.17) is 9.47 Å². The molecule has 1 aromatic carbocycles. The molecular weight excluding hydrogens is 258 g/mol. The molecule has 0 aromatic heterocycles. The first kappa shape index (κ1) is 16.5. The molecule has 108 valence electrons. The molecule has 0 aliphatic rings. The van der Waals surface area contributed by atoms with E-state index >= 15 is 0 Å². The molecule has 0 saturated carbocycles. The molecular formula is C15H25NO2S. The largest absolute Gasteiger partial charge is 0.382 e. The lowest BCUT2D eigenvalue weighted by Crippen LogP contribution is -2.21. The normalized spacial score (nSPS) is 12.6. The van der Waals surface area contributed by atoms with Gasteiger partial charge in [0.05, 0.1) is 13.2 Å². The van der Waals surface area contributed by atoms with Crippen molar-refractivity contribution in [1.29, 1.82) is 0 Å². The lowest BCUT2D eigenvalue weighted by atomic mass is 10.1. The summed E-state index contributed by atoms with van der Waals surface area (Å²) in [7, 11) is 1.69. The molecule has 0 aliphatic heterocycles. The van der Waals surface area contributed by atoms with E-state index in [2.05, 4.69) is 42.8 Å². The number of thioether (sulfide) groups is 1. The van der Waals surface area contributed by atoms with E-state index in [-0.39, 0.29) is 0 Å². The summed E-state index contributed by atoms with van der Waals surface area (Å²) in [6.45, 7) is 5.31. The van der Waals surface area contributed by atoms with Gasteiger partial charge in [-0.25, -0.2) is 0 Å². The highest BCUT2D eigenvalue weighted by molar-refractivity contribution is 7.98. The molecule has 0 bridgehead atoms. The van der Waals surface area contributed by atoms with E-state index in [0.717, 1.165) is 19.6 Å². The van der Waals surface area contributed by atoms with Crippen molar-refractivity contribution in [3.63, 3.8) is 0 Å². The van der Waals surface area contributed by atoms with Gasteiger partial charge in [0.25, 0.3) is 0 Å². The molecule has 0 saturated heterocycles. The maximum Gasteiger partial charge on any atom is 0.0700 e. The van der Waals surface area contributed by atoms with E-state index in [1.807, 2.05) is 0 Å². The Labute approximate surface area is 121 Å². The van der Waals surface area contributed by atoms with Crippen LogP contribution in [0.1, 0.15) is 24.9 Å². The number of nitrogens with one attached hydrogen (secondary N) is 1. The van der Waals surface area contributed by atoms with Crippen molar-refractivity contribution >= 4 is 11.8 Å². The van der Waals surface area contributed by atoms with E-state index < -0.39 is 0 Å². The van der Waals surface area contributed by atoms with Crippen molar-refractivity contribution in [2.75, 3.05) is 39.7 Å². The predicted octanol–water partition coefficient (Wildman–Crippen LogP) is 3.11. The van der Waals surface area contributed by atoms with Crippen LogP contribution in [0.3, 0.4) is 0 Å². The van der Waals surface area contributed by atoms with Crippen molar-refractivity contribution in [3.05, 3.63) is 29.8 Å². The average molecular weight is 283 g/mol. The second-order valence-electron chi connectivity index (χ2n) is 4.41. The average Bonchev–Trinajstić information content (AvgIpc) is 2.46. The van der Waals surface area contributed by atoms with Gasteiger partial charge in [-0.1, -0.05) is 12.1 Å². The third-order valence-corrected chi connectivity index (χ3v) is 3.71. The van der Waals surface area contributed by atoms with Crippen LogP contribution in [0.5, 0.6) is 0 Å². The first-order valence-electron chi connectivity index (χ1n) is 6.72. The molecule has 4 heteroatoms. The van der Waals surface area contributed by atoms with Crippen LogP contribution >= 0.6 is 11.8 Å². The van der Waals surface area contributed by atoms with Crippen molar-refractivity contribution in [1.82, 2.24) is 5.32 Å². The summed E-state index contributed by atoms with van der Waals surface area (Å²) in [4.78, 5) is 1.31. The number of benzene rings is 1. The van der Waals surface area contributed by atoms with Gasteiger partial charge in [0, 0.05) is 24.7 Å². The van der Waals surface area contributed by atoms with Gasteiger partial charge in [-0.2, -0.15) is 0 Å². The van der Waals surface area contributed by atoms with Crippen molar-refractivity contribution in [2.45, 2.75) is 24.3 Å². The summed E-state index contributed by atoms with van der Waals surface area (Å²) >= 11 is 1.77. The van der Waals surface area contributed by atoms with E-state index in [9.17, 15) is 0 Å². The minimum atomic E-state index is 0.384. The molecule has 0 aliphatic carbocycles. The molecule has 19 heavy (non-hydrogen) atoms. The van der Waals surface area contributed by atoms with Gasteiger partial charge in [-0.3, -0.25) is 0 Å². The fourth-order valence-corrected chi connectivity index (χ4v) is 2.16. The van der Waals surface area contributed by atoms with Gasteiger partial charge in [0.15, 0.2) is 0 Å². The fourth-order valence-electron chi connectivity index (χ4n) is 1.75. The van der Waals surface area contributed by atoms with Crippen LogP contribution in [0.15, 0.2) is 29.2 Å². The van der Waals surface area contributed by atoms with Crippen LogP contribution in [0.2, 0.25) is 0 Å². The summed E-state index contributed by atoms with van der Waals surface area (Å²) in [5, 5.41) is 3.51. The van der Waals surface area contributed by atoms with Crippen LogP contribution in [-0.2, 0) is 9.47 Å². The van der Waals surface area contributed by atoms with Crippen LogP contribution < -0.4 is 5.32 Å². The number of hydrogen-bond donors (Lipinski definition) is 1. The van der Waals surface area contributed by atoms with Gasteiger partial charge in [-0.15, -0.1) is 11.8 Å². The number of rotatable bonds is 10. The number of methoxy groups -OCH3 is 1. The summed E-state index contributed by atoms with van der Waals surface area (Å²) in [5.41, 5.74) is 1.33. The van der Waals surface area contributed by atoms with Gasteiger partial charge in [0.2, 0.25) is 0 Å². The van der Waals surface area contributed by atoms with Gasteiger partial charge >= 0.3 is 0 Å². The Morgan fingerprint density at radius 1 is 1.16 bits per heavy atom. The third kappa shape index (κ3) is 6.97. The van der Waals surface area contributed by atoms with Crippen LogP contribution in [0, 0.1) is 0 Å². The Kier molecular flexibility index (Phi) is 8.91. The summed E-state index contributed by atoms with van der Waals surface area (Å²) in [6, 6.07) is 9.12. The Morgan fingerprint density at radius 3 is 2.53 bits per heavy atom. The van der Waals surface area contributed by atoms with E-state index in [1.54, 1.807) is 18.9 Å². The van der Waals surface area contributed by atoms with E-state index in [0.29, 0.717) is 19.3 Å². The molecule has 3 nitrogen and oxygen atoms in total. The minimum Gasteiger partial charge on any atom is -0.382 e. The zero-order valence-electron chi connectivity index (χ0n) is 12.1. The molecule has 0 amide bonds. The minimum absolute atomic E-state index is 0.384. The molecule has 1 aromatic rings. The second kappa shape index (κ2) is 10.3. The summed E-state index contributed by atoms with van der Waals surface area (Å²) in [6.07, 6.45) is 3.12. The SMILES string of the molecule is COCCOCCCNC(C)c1ccc(SC)cc1. The molecule has 0 spiro atoms. The van der Waals surface area contributed by atoms with Crippen molar-refractivity contribution in [2.24, 2.45) is 0 Å². The Balaban J connectivity index is 2.14. The van der Waals surface area contributed by atoms with Crippen LogP contribution in [0.25, 0.3) is 0 Å². The first-order chi connectivity index (χ1) is 9.27. The third-order valence-electron chi connectivity index (χ3n) is 2.96. The molecule has 1 N–H and O–H groups in total. The molecule has 0 radical (unpaired) electrons. The van der Waals surface area contributed by atoms with Gasteiger partial charge in [0.1, 0.15) is 0 Å². The van der Waals surface area contributed by atoms with Crippen LogP contribution in [-0.4, -0.2) is 39.7 Å². The Bertz CT molecular complexity index is 329. The summed E-state index contributed by atoms with van der Waals surface area (Å²) < 4.78 is 10.3. The Hall–Kier alpha value is -0.550. The van der Waals surface area contributed by atoms with Gasteiger partial charge < -0.3 is 14.8 Å². The maximum absolute atomic E-state index is 5.42. The number of hydrogen-bond acceptors (Lipinski definition) is 4. The maximum atomic E-state index is 5.42. The number of ether oxygens (including phenoxy) is 2. The highest BCUT2D eigenvalue weighted by Gasteiger charge is 2.03. The van der Waals surface area contributed by atoms with Gasteiger partial charge in [-0.05, 0) is 43.8 Å². The molecule has 0 heterocycles. The first-order valence-corrected chi connectivity index (χ1v) is 7.94. The zero-order chi connectivity index (χ0) is 13.9. The van der Waals surface area contributed by atoms with Crippen LogP contribution in [0.4, 0.5) is 0 Å². The smallest absolute Gasteiger partial charge is 0.0700 e. The highest BCUT2D eigenvalue weighted by atomic mass is 32.2. The second-order valence-corrected chi connectivity index (χ2v) is 5.29. The Morgan fingerprint density at radius 2 is 1.89 bits per heavy atom. The van der Waals surface area contributed by atoms with Crippen molar-refractivity contribution < 1.29 is 9.47 Å². The standard InChI is InChI=1S/C15H25NO2S/c1-13(14-5-7-15(19-3)8-6-14)16-9-4-10-18-12-11-17-2/h5-8,13,16H,4,9-12H2,1-3H3. The fraction of sp³-hybridized carbons (Fsp3) is 0.600.